The monoisotopic (exact) mass is 695 g/mol. The Balaban J connectivity index is 1.06. The van der Waals surface area contributed by atoms with Gasteiger partial charge in [-0.05, 0) is 76.6 Å². The first-order chi connectivity index (χ1) is 26.3. The number of ether oxygens (including phenoxy) is 1. The van der Waals surface area contributed by atoms with Crippen LogP contribution in [0.4, 0.5) is 17.1 Å². The van der Waals surface area contributed by atoms with Gasteiger partial charge in [-0.1, -0.05) is 139 Å². The summed E-state index contributed by atoms with van der Waals surface area (Å²) < 4.78 is 8.90. The second-order valence-corrected chi connectivity index (χ2v) is 14.6. The van der Waals surface area contributed by atoms with Gasteiger partial charge in [0.05, 0.1) is 23.1 Å². The molecule has 0 radical (unpaired) electrons. The molecule has 2 aliphatic rings. The van der Waals surface area contributed by atoms with Gasteiger partial charge < -0.3 is 9.64 Å². The van der Waals surface area contributed by atoms with Crippen LogP contribution in [0.1, 0.15) is 0 Å². The number of para-hydroxylation sites is 4. The second-order valence-electron chi connectivity index (χ2n) is 13.6. The largest absolute Gasteiger partial charge is 0.458 e. The third-order valence-electron chi connectivity index (χ3n) is 10.5. The molecule has 0 fully saturated rings. The molecule has 2 aromatic heterocycles. The lowest BCUT2D eigenvalue weighted by atomic mass is 9.36. The van der Waals surface area contributed by atoms with Crippen molar-refractivity contribution in [1.82, 2.24) is 9.55 Å². The Labute approximate surface area is 312 Å². The number of hydrogen-bond acceptors (Lipinski definition) is 4. The van der Waals surface area contributed by atoms with Gasteiger partial charge >= 0.3 is 0 Å². The summed E-state index contributed by atoms with van der Waals surface area (Å²) >= 11 is 1.83. The van der Waals surface area contributed by atoms with Crippen LogP contribution < -0.4 is 26.0 Å². The molecular formula is C47H30BN3OS. The minimum Gasteiger partial charge on any atom is -0.458 e. The van der Waals surface area contributed by atoms with Gasteiger partial charge in [-0.2, -0.15) is 0 Å². The molecule has 0 saturated carbocycles. The summed E-state index contributed by atoms with van der Waals surface area (Å²) in [6.07, 6.45) is 2.06. The molecule has 4 heterocycles. The van der Waals surface area contributed by atoms with Crippen molar-refractivity contribution >= 4 is 73.9 Å². The summed E-state index contributed by atoms with van der Waals surface area (Å²) in [5, 5.41) is 2.36. The Kier molecular flexibility index (Phi) is 6.85. The predicted molar refractivity (Wildman–Crippen MR) is 220 cm³/mol. The quantitative estimate of drug-likeness (QED) is 0.172. The fraction of sp³-hybridized carbons (Fsp3) is 0. The molecule has 0 amide bonds. The predicted octanol–water partition coefficient (Wildman–Crippen LogP) is 10.4. The molecule has 0 unspecified atom stereocenters. The number of aromatic nitrogens is 2. The average molecular weight is 696 g/mol. The van der Waals surface area contributed by atoms with Gasteiger partial charge in [0.2, 0.25) is 0 Å². The van der Waals surface area contributed by atoms with Crippen molar-refractivity contribution in [2.45, 2.75) is 9.79 Å². The Hall–Kier alpha value is -6.50. The van der Waals surface area contributed by atoms with Crippen molar-refractivity contribution in [3.8, 4) is 28.3 Å². The van der Waals surface area contributed by atoms with Crippen LogP contribution in [-0.2, 0) is 0 Å². The minimum atomic E-state index is 0.104. The van der Waals surface area contributed by atoms with Crippen molar-refractivity contribution in [2.75, 3.05) is 4.90 Å². The van der Waals surface area contributed by atoms with Gasteiger partial charge in [-0.3, -0.25) is 4.57 Å². The number of pyridine rings is 1. The highest BCUT2D eigenvalue weighted by Gasteiger charge is 2.33. The summed E-state index contributed by atoms with van der Waals surface area (Å²) in [5.74, 6) is 1.80. The maximum absolute atomic E-state index is 6.62. The van der Waals surface area contributed by atoms with Crippen LogP contribution in [0.3, 0.4) is 0 Å². The molecule has 0 bridgehead atoms. The van der Waals surface area contributed by atoms with E-state index in [2.05, 4.69) is 186 Å². The number of nitrogens with zero attached hydrogens (tertiary/aromatic N) is 3. The Morgan fingerprint density at radius 2 is 1.26 bits per heavy atom. The van der Waals surface area contributed by atoms with Crippen LogP contribution >= 0.6 is 11.8 Å². The normalized spacial score (nSPS) is 12.9. The van der Waals surface area contributed by atoms with Crippen LogP contribution in [0.15, 0.2) is 192 Å². The molecule has 11 rings (SSSR count). The standard InChI is InChI=1S/C47H30BN3OS/c1-3-15-33(16-4-1)48-37-21-8-11-24-42(37)52-43-29-32(26-27-38(43)48)31-14-13-19-35(28-31)50-40-23-10-12-25-44(40)53-46-41(50)30-49-47-45(46)36-20-7-9-22-39(36)51(47)34-17-5-2-6-18-34/h1-30H. The van der Waals surface area contributed by atoms with Gasteiger partial charge in [0.1, 0.15) is 17.1 Å². The fourth-order valence-electron chi connectivity index (χ4n) is 8.20. The van der Waals surface area contributed by atoms with E-state index in [0.29, 0.717) is 0 Å². The van der Waals surface area contributed by atoms with Crippen molar-refractivity contribution < 1.29 is 4.74 Å². The molecule has 6 heteroatoms. The molecule has 9 aromatic rings. The zero-order chi connectivity index (χ0) is 34.9. The number of rotatable bonds is 4. The van der Waals surface area contributed by atoms with Gasteiger partial charge in [0.15, 0.2) is 0 Å². The molecule has 0 spiro atoms. The topological polar surface area (TPSA) is 30.3 Å². The molecule has 4 nitrogen and oxygen atoms in total. The van der Waals surface area contributed by atoms with Crippen LogP contribution in [0.5, 0.6) is 11.5 Å². The number of fused-ring (bicyclic) bond motifs is 8. The molecule has 0 atom stereocenters. The minimum absolute atomic E-state index is 0.104. The molecule has 0 saturated heterocycles. The van der Waals surface area contributed by atoms with E-state index in [1.54, 1.807) is 0 Å². The Bertz CT molecular complexity index is 2870. The SMILES string of the molecule is c1ccc(B2c3ccccc3Oc3cc(-c4cccc(N5c6ccccc6Sc6c5cnc5c6c6ccccc6n5-c5ccccc5)c4)ccc32)cc1. The maximum Gasteiger partial charge on any atom is 0.250 e. The van der Waals surface area contributed by atoms with Crippen LogP contribution in [0.2, 0.25) is 0 Å². The number of anilines is 3. The summed E-state index contributed by atoms with van der Waals surface area (Å²) in [5.41, 5.74) is 12.4. The number of hydrogen-bond donors (Lipinski definition) is 0. The summed E-state index contributed by atoms with van der Waals surface area (Å²) in [4.78, 5) is 10.0. The van der Waals surface area contributed by atoms with E-state index in [-0.39, 0.29) is 6.71 Å². The Morgan fingerprint density at radius 1 is 0.547 bits per heavy atom. The highest BCUT2D eigenvalue weighted by Crippen LogP contribution is 2.54. The van der Waals surface area contributed by atoms with Gasteiger partial charge in [-0.25, -0.2) is 4.98 Å². The summed E-state index contributed by atoms with van der Waals surface area (Å²) in [7, 11) is 0. The third-order valence-corrected chi connectivity index (χ3v) is 11.7. The molecular weight excluding hydrogens is 665 g/mol. The zero-order valence-electron chi connectivity index (χ0n) is 28.6. The van der Waals surface area contributed by atoms with Gasteiger partial charge in [-0.15, -0.1) is 0 Å². The van der Waals surface area contributed by atoms with E-state index >= 15 is 0 Å². The number of benzene rings is 7. The fourth-order valence-corrected chi connectivity index (χ4v) is 9.38. The smallest absolute Gasteiger partial charge is 0.250 e. The lowest BCUT2D eigenvalue weighted by molar-refractivity contribution is 0.487. The highest BCUT2D eigenvalue weighted by molar-refractivity contribution is 8.00. The highest BCUT2D eigenvalue weighted by atomic mass is 32.2. The van der Waals surface area contributed by atoms with E-state index in [1.165, 1.54) is 37.0 Å². The summed E-state index contributed by atoms with van der Waals surface area (Å²) in [6.45, 7) is 0.104. The van der Waals surface area contributed by atoms with E-state index in [1.807, 2.05) is 17.8 Å². The van der Waals surface area contributed by atoms with Crippen LogP contribution in [0.25, 0.3) is 38.8 Å². The third kappa shape index (κ3) is 4.76. The van der Waals surface area contributed by atoms with E-state index < -0.39 is 0 Å². The van der Waals surface area contributed by atoms with Crippen LogP contribution in [-0.4, -0.2) is 16.3 Å². The summed E-state index contributed by atoms with van der Waals surface area (Å²) in [6, 6.07) is 62.6. The van der Waals surface area contributed by atoms with Crippen molar-refractivity contribution in [3.63, 3.8) is 0 Å². The van der Waals surface area contributed by atoms with Crippen LogP contribution in [0, 0.1) is 0 Å². The second kappa shape index (κ2) is 12.0. The molecule has 7 aromatic carbocycles. The van der Waals surface area contributed by atoms with Gasteiger partial charge in [0.25, 0.3) is 6.71 Å². The maximum atomic E-state index is 6.62. The lowest BCUT2D eigenvalue weighted by Crippen LogP contribution is -2.54. The molecule has 2 aliphatic heterocycles. The Morgan fingerprint density at radius 3 is 2.17 bits per heavy atom. The molecule has 0 aliphatic carbocycles. The van der Waals surface area contributed by atoms with E-state index in [4.69, 9.17) is 9.72 Å². The van der Waals surface area contributed by atoms with E-state index in [9.17, 15) is 0 Å². The first kappa shape index (κ1) is 30.2. The first-order valence-corrected chi connectivity index (χ1v) is 18.7. The molecule has 53 heavy (non-hydrogen) atoms. The average Bonchev–Trinajstić information content (AvgIpc) is 3.57. The zero-order valence-corrected chi connectivity index (χ0v) is 29.4. The molecule has 248 valence electrons. The lowest BCUT2D eigenvalue weighted by Gasteiger charge is -2.33. The van der Waals surface area contributed by atoms with Crippen molar-refractivity contribution in [3.05, 3.63) is 182 Å². The van der Waals surface area contributed by atoms with Crippen molar-refractivity contribution in [1.29, 1.82) is 0 Å². The first-order valence-electron chi connectivity index (χ1n) is 17.9. The molecule has 0 N–H and O–H groups in total. The van der Waals surface area contributed by atoms with Gasteiger partial charge in [0, 0.05) is 31.9 Å². The van der Waals surface area contributed by atoms with E-state index in [0.717, 1.165) is 56.5 Å². The van der Waals surface area contributed by atoms with Crippen molar-refractivity contribution in [2.24, 2.45) is 0 Å².